The summed E-state index contributed by atoms with van der Waals surface area (Å²) in [4.78, 5) is 15.6. The van der Waals surface area contributed by atoms with E-state index in [-0.39, 0.29) is 16.8 Å². The summed E-state index contributed by atoms with van der Waals surface area (Å²) < 4.78 is 37.3. The van der Waals surface area contributed by atoms with Gasteiger partial charge in [0.2, 0.25) is 0 Å². The van der Waals surface area contributed by atoms with Gasteiger partial charge < -0.3 is 20.5 Å². The number of nitrogen functional groups attached to an aromatic ring is 1. The van der Waals surface area contributed by atoms with Crippen LogP contribution in [0.2, 0.25) is 0 Å². The topological polar surface area (TPSA) is 156 Å². The molecule has 0 heterocycles. The van der Waals surface area contributed by atoms with E-state index < -0.39 is 22.0 Å². The zero-order chi connectivity index (χ0) is 27.9. The third kappa shape index (κ3) is 7.24. The van der Waals surface area contributed by atoms with Gasteiger partial charge in [0.25, 0.3) is 15.9 Å². The Kier molecular flexibility index (Phi) is 9.32. The van der Waals surface area contributed by atoms with Gasteiger partial charge in [-0.2, -0.15) is 0 Å². The molecule has 0 saturated heterocycles. The van der Waals surface area contributed by atoms with Gasteiger partial charge >= 0.3 is 0 Å². The monoisotopic (exact) mass is 539 g/mol. The second kappa shape index (κ2) is 12.4. The lowest BCUT2D eigenvalue weighted by atomic mass is 10.0. The molecule has 6 N–H and O–H groups in total. The third-order valence-electron chi connectivity index (χ3n) is 5.42. The van der Waals surface area contributed by atoms with E-state index in [1.54, 1.807) is 67.6 Å². The number of nitrogens with one attached hydrogen (secondary N) is 4. The molecule has 1 atom stereocenters. The molecule has 0 fully saturated rings. The van der Waals surface area contributed by atoms with Gasteiger partial charge in [0.05, 0.1) is 17.6 Å². The maximum absolute atomic E-state index is 13.4. The fourth-order valence-corrected chi connectivity index (χ4v) is 4.73. The second-order valence-electron chi connectivity index (χ2n) is 8.73. The molecular weight excluding hydrogens is 506 g/mol. The van der Waals surface area contributed by atoms with E-state index in [0.717, 1.165) is 0 Å². The summed E-state index contributed by atoms with van der Waals surface area (Å²) in [5.74, 6) is 0.234. The highest BCUT2D eigenvalue weighted by atomic mass is 32.2. The molecule has 3 aromatic rings. The Balaban J connectivity index is 1.94. The molecule has 0 aliphatic carbocycles. The lowest BCUT2D eigenvalue weighted by Gasteiger charge is -2.22. The van der Waals surface area contributed by atoms with Crippen molar-refractivity contribution < 1.29 is 22.7 Å². The van der Waals surface area contributed by atoms with Crippen molar-refractivity contribution in [3.8, 4) is 11.5 Å². The molecule has 0 aliphatic rings. The number of aryl methyl sites for hydroxylation is 1. The van der Waals surface area contributed by atoms with Gasteiger partial charge in [-0.15, -0.1) is 4.83 Å². The summed E-state index contributed by atoms with van der Waals surface area (Å²) in [5.41, 5.74) is 10.00. The highest BCUT2D eigenvalue weighted by Gasteiger charge is 2.25. The maximum atomic E-state index is 13.4. The van der Waals surface area contributed by atoms with Crippen LogP contribution in [0.3, 0.4) is 0 Å². The SMILES string of the molecule is CCOc1cc(C(Nc2ccc(C(=N)N)cc2)C(=O)NNS(=O)(=O)c2ccccc2C)ccc1OC(C)C. The third-order valence-corrected chi connectivity index (χ3v) is 6.83. The number of ether oxygens (including phenoxy) is 2. The highest BCUT2D eigenvalue weighted by Crippen LogP contribution is 2.33. The second-order valence-corrected chi connectivity index (χ2v) is 10.4. The number of carbonyl (C=O) groups excluding carboxylic acids is 1. The van der Waals surface area contributed by atoms with Gasteiger partial charge in [-0.25, -0.2) is 8.42 Å². The Hall–Kier alpha value is -4.09. The number of anilines is 1. The lowest BCUT2D eigenvalue weighted by molar-refractivity contribution is -0.122. The van der Waals surface area contributed by atoms with Crippen LogP contribution in [-0.2, 0) is 14.8 Å². The number of hydrogen-bond donors (Lipinski definition) is 5. The number of nitrogens with two attached hydrogens (primary N) is 1. The van der Waals surface area contributed by atoms with Crippen LogP contribution in [0.15, 0.2) is 71.6 Å². The van der Waals surface area contributed by atoms with Crippen LogP contribution in [0.1, 0.15) is 43.5 Å². The maximum Gasteiger partial charge on any atom is 0.262 e. The molecule has 38 heavy (non-hydrogen) atoms. The summed E-state index contributed by atoms with van der Waals surface area (Å²) in [6, 6.07) is 17.2. The van der Waals surface area contributed by atoms with Crippen LogP contribution >= 0.6 is 0 Å². The van der Waals surface area contributed by atoms with Crippen LogP contribution in [0.5, 0.6) is 11.5 Å². The van der Waals surface area contributed by atoms with Crippen LogP contribution in [0, 0.1) is 12.3 Å². The van der Waals surface area contributed by atoms with Crippen molar-refractivity contribution in [1.82, 2.24) is 10.3 Å². The first-order chi connectivity index (χ1) is 18.0. The zero-order valence-electron chi connectivity index (χ0n) is 21.7. The average Bonchev–Trinajstić information content (AvgIpc) is 2.87. The van der Waals surface area contributed by atoms with Gasteiger partial charge in [0.15, 0.2) is 11.5 Å². The standard InChI is InChI=1S/C27H33N5O5S/c1-5-36-23-16-20(12-15-22(23)37-17(2)3)25(30-21-13-10-19(11-14-21)26(28)29)27(33)31-32-38(34,35)24-9-7-6-8-18(24)4/h6-17,25,30,32H,5H2,1-4H3,(H3,28,29)(H,31,33). The van der Waals surface area contributed by atoms with Gasteiger partial charge in [-0.05, 0) is 81.3 Å². The van der Waals surface area contributed by atoms with Crippen molar-refractivity contribution in [2.75, 3.05) is 11.9 Å². The number of hydrogen-bond acceptors (Lipinski definition) is 7. The minimum Gasteiger partial charge on any atom is -0.490 e. The Labute approximate surface area is 223 Å². The van der Waals surface area contributed by atoms with Crippen molar-refractivity contribution >= 4 is 27.5 Å². The Morgan fingerprint density at radius 2 is 1.71 bits per heavy atom. The van der Waals surface area contributed by atoms with Crippen LogP contribution in [0.25, 0.3) is 0 Å². The lowest BCUT2D eigenvalue weighted by Crippen LogP contribution is -2.45. The van der Waals surface area contributed by atoms with Crippen molar-refractivity contribution in [1.29, 1.82) is 5.41 Å². The van der Waals surface area contributed by atoms with Gasteiger partial charge in [0, 0.05) is 11.3 Å². The summed E-state index contributed by atoms with van der Waals surface area (Å²) in [6.07, 6.45) is -0.0899. The number of carbonyl (C=O) groups is 1. The summed E-state index contributed by atoms with van der Waals surface area (Å²) in [5, 5.41) is 10.7. The van der Waals surface area contributed by atoms with E-state index in [1.165, 1.54) is 6.07 Å². The van der Waals surface area contributed by atoms with Crippen LogP contribution in [-0.4, -0.2) is 32.9 Å². The number of rotatable bonds is 12. The fourth-order valence-electron chi connectivity index (χ4n) is 3.64. The highest BCUT2D eigenvalue weighted by molar-refractivity contribution is 7.89. The molecule has 0 saturated carbocycles. The summed E-state index contributed by atoms with van der Waals surface area (Å²) in [7, 11) is -4.02. The molecule has 0 aromatic heterocycles. The molecular formula is C27H33N5O5S. The van der Waals surface area contributed by atoms with Crippen molar-refractivity contribution in [3.05, 3.63) is 83.4 Å². The van der Waals surface area contributed by atoms with Crippen molar-refractivity contribution in [2.24, 2.45) is 5.73 Å². The molecule has 3 aromatic carbocycles. The number of hydrazine groups is 1. The molecule has 0 radical (unpaired) electrons. The molecule has 3 rings (SSSR count). The average molecular weight is 540 g/mol. The predicted molar refractivity (Wildman–Crippen MR) is 147 cm³/mol. The minimum atomic E-state index is -4.02. The van der Waals surface area contributed by atoms with E-state index >= 15 is 0 Å². The van der Waals surface area contributed by atoms with Gasteiger partial charge in [0.1, 0.15) is 11.9 Å². The Bertz CT molecular complexity index is 1390. The Morgan fingerprint density at radius 3 is 2.32 bits per heavy atom. The number of amides is 1. The molecule has 1 amide bonds. The molecule has 0 bridgehead atoms. The Morgan fingerprint density at radius 1 is 1.03 bits per heavy atom. The quantitative estimate of drug-likeness (QED) is 0.134. The molecule has 10 nitrogen and oxygen atoms in total. The van der Waals surface area contributed by atoms with Gasteiger partial charge in [-0.3, -0.25) is 15.6 Å². The number of sulfonamides is 1. The first kappa shape index (κ1) is 28.5. The molecule has 0 aliphatic heterocycles. The smallest absolute Gasteiger partial charge is 0.262 e. The minimum absolute atomic E-state index is 0.0541. The van der Waals surface area contributed by atoms with Crippen molar-refractivity contribution in [3.63, 3.8) is 0 Å². The van der Waals surface area contributed by atoms with Gasteiger partial charge in [-0.1, -0.05) is 24.3 Å². The van der Waals surface area contributed by atoms with E-state index in [2.05, 4.69) is 15.6 Å². The summed E-state index contributed by atoms with van der Waals surface area (Å²) in [6.45, 7) is 7.68. The molecule has 1 unspecified atom stereocenters. The van der Waals surface area contributed by atoms with Crippen molar-refractivity contribution in [2.45, 2.75) is 44.7 Å². The predicted octanol–water partition coefficient (Wildman–Crippen LogP) is 3.63. The van der Waals surface area contributed by atoms with E-state index in [9.17, 15) is 13.2 Å². The fraction of sp³-hybridized carbons (Fsp3) is 0.259. The normalized spacial score (nSPS) is 12.0. The summed E-state index contributed by atoms with van der Waals surface area (Å²) >= 11 is 0. The van der Waals surface area contributed by atoms with Crippen LogP contribution in [0.4, 0.5) is 5.69 Å². The van der Waals surface area contributed by atoms with E-state index in [4.69, 9.17) is 20.6 Å². The molecule has 202 valence electrons. The van der Waals surface area contributed by atoms with E-state index in [0.29, 0.717) is 40.5 Å². The van der Waals surface area contributed by atoms with Crippen LogP contribution < -0.4 is 30.8 Å². The number of amidine groups is 1. The first-order valence-corrected chi connectivity index (χ1v) is 13.5. The van der Waals surface area contributed by atoms with E-state index in [1.807, 2.05) is 20.8 Å². The number of benzene rings is 3. The largest absolute Gasteiger partial charge is 0.490 e. The molecule has 11 heteroatoms. The first-order valence-electron chi connectivity index (χ1n) is 12.0. The molecule has 0 spiro atoms. The zero-order valence-corrected chi connectivity index (χ0v) is 22.6.